The van der Waals surface area contributed by atoms with Gasteiger partial charge in [0.2, 0.25) is 5.89 Å². The molecule has 0 spiro atoms. The summed E-state index contributed by atoms with van der Waals surface area (Å²) >= 11 is 0. The van der Waals surface area contributed by atoms with Crippen molar-refractivity contribution in [1.82, 2.24) is 30.0 Å². The molecule has 3 heterocycles. The Morgan fingerprint density at radius 2 is 1.90 bits per heavy atom. The molecule has 0 saturated heterocycles. The average Bonchev–Trinajstić information content (AvgIpc) is 3.24. The highest BCUT2D eigenvalue weighted by molar-refractivity contribution is 5.76. The number of aromatic nitrogens is 4. The Morgan fingerprint density at radius 3 is 2.59 bits per heavy atom. The molecular formula is C21H22N6O2. The summed E-state index contributed by atoms with van der Waals surface area (Å²) in [4.78, 5) is 24.7. The number of aryl methyl sites for hydroxylation is 1. The van der Waals surface area contributed by atoms with E-state index in [4.69, 9.17) is 9.40 Å². The van der Waals surface area contributed by atoms with Gasteiger partial charge in [0.1, 0.15) is 5.69 Å². The third-order valence-electron chi connectivity index (χ3n) is 4.79. The standard InChI is InChI=1S/C21H22N6O2/c1-14-18(20-25-24-19(29-20)16-7-5-4-6-8-16)23-17(13-22-14)15-9-11-27(12-10-15)21(28)26(2)3/h4-9,13H,10-12H2,1-3H3. The lowest BCUT2D eigenvalue weighted by molar-refractivity contribution is 0.176. The number of hydrogen-bond acceptors (Lipinski definition) is 6. The number of carbonyl (C=O) groups excluding carboxylic acids is 1. The van der Waals surface area contributed by atoms with E-state index in [-0.39, 0.29) is 6.03 Å². The van der Waals surface area contributed by atoms with Gasteiger partial charge in [-0.2, -0.15) is 0 Å². The van der Waals surface area contributed by atoms with Crippen LogP contribution in [0.3, 0.4) is 0 Å². The summed E-state index contributed by atoms with van der Waals surface area (Å²) in [5.74, 6) is 0.790. The van der Waals surface area contributed by atoms with Gasteiger partial charge in [-0.1, -0.05) is 24.3 Å². The van der Waals surface area contributed by atoms with Gasteiger partial charge in [0, 0.05) is 32.7 Å². The molecule has 148 valence electrons. The van der Waals surface area contributed by atoms with Gasteiger partial charge in [-0.05, 0) is 31.1 Å². The van der Waals surface area contributed by atoms with E-state index in [9.17, 15) is 4.79 Å². The Balaban J connectivity index is 1.59. The molecule has 0 unspecified atom stereocenters. The molecule has 4 rings (SSSR count). The van der Waals surface area contributed by atoms with Crippen LogP contribution >= 0.6 is 0 Å². The van der Waals surface area contributed by atoms with Gasteiger partial charge in [-0.15, -0.1) is 10.2 Å². The van der Waals surface area contributed by atoms with E-state index < -0.39 is 0 Å². The fourth-order valence-electron chi connectivity index (χ4n) is 3.18. The maximum atomic E-state index is 12.1. The first-order valence-electron chi connectivity index (χ1n) is 9.41. The molecule has 3 aromatic rings. The molecule has 0 radical (unpaired) electrons. The molecule has 1 aliphatic rings. The number of benzene rings is 1. The van der Waals surface area contributed by atoms with Gasteiger partial charge in [0.05, 0.1) is 17.6 Å². The highest BCUT2D eigenvalue weighted by Gasteiger charge is 2.21. The van der Waals surface area contributed by atoms with Crippen molar-refractivity contribution in [3.05, 3.63) is 54.0 Å². The molecule has 0 atom stereocenters. The Kier molecular flexibility index (Phi) is 5.07. The molecule has 2 amide bonds. The Labute approximate surface area is 168 Å². The molecule has 0 N–H and O–H groups in total. The number of nitrogens with zero attached hydrogens (tertiary/aromatic N) is 6. The summed E-state index contributed by atoms with van der Waals surface area (Å²) < 4.78 is 5.85. The molecule has 1 aliphatic heterocycles. The van der Waals surface area contributed by atoms with E-state index in [0.717, 1.165) is 28.9 Å². The van der Waals surface area contributed by atoms with Crippen LogP contribution in [0.1, 0.15) is 17.8 Å². The van der Waals surface area contributed by atoms with Gasteiger partial charge in [0.25, 0.3) is 5.89 Å². The molecule has 0 fully saturated rings. The highest BCUT2D eigenvalue weighted by Crippen LogP contribution is 2.27. The Bertz CT molecular complexity index is 1060. The summed E-state index contributed by atoms with van der Waals surface area (Å²) in [5, 5.41) is 8.31. The van der Waals surface area contributed by atoms with Crippen molar-refractivity contribution in [3.8, 4) is 23.0 Å². The highest BCUT2D eigenvalue weighted by atomic mass is 16.4. The topological polar surface area (TPSA) is 88.3 Å². The van der Waals surface area contributed by atoms with Crippen LogP contribution in [0.15, 0.2) is 47.0 Å². The molecule has 1 aromatic carbocycles. The average molecular weight is 390 g/mol. The quantitative estimate of drug-likeness (QED) is 0.682. The maximum Gasteiger partial charge on any atom is 0.319 e. The van der Waals surface area contributed by atoms with Gasteiger partial charge in [-0.25, -0.2) is 9.78 Å². The first-order chi connectivity index (χ1) is 14.0. The third kappa shape index (κ3) is 3.87. The van der Waals surface area contributed by atoms with E-state index in [1.54, 1.807) is 30.1 Å². The van der Waals surface area contributed by atoms with E-state index in [0.29, 0.717) is 30.6 Å². The van der Waals surface area contributed by atoms with Crippen LogP contribution in [-0.4, -0.2) is 63.2 Å². The van der Waals surface area contributed by atoms with E-state index in [1.165, 1.54) is 0 Å². The zero-order valence-corrected chi connectivity index (χ0v) is 16.7. The molecule has 2 aromatic heterocycles. The van der Waals surface area contributed by atoms with Crippen molar-refractivity contribution in [3.63, 3.8) is 0 Å². The lowest BCUT2D eigenvalue weighted by Crippen LogP contribution is -2.41. The molecular weight excluding hydrogens is 368 g/mol. The van der Waals surface area contributed by atoms with Crippen molar-refractivity contribution in [1.29, 1.82) is 0 Å². The summed E-state index contributed by atoms with van der Waals surface area (Å²) in [6, 6.07) is 9.62. The largest absolute Gasteiger partial charge is 0.415 e. The lowest BCUT2D eigenvalue weighted by atomic mass is 10.1. The smallest absolute Gasteiger partial charge is 0.319 e. The van der Waals surface area contributed by atoms with Crippen LogP contribution in [0.4, 0.5) is 4.79 Å². The first-order valence-corrected chi connectivity index (χ1v) is 9.41. The molecule has 0 saturated carbocycles. The normalized spacial score (nSPS) is 13.9. The van der Waals surface area contributed by atoms with Crippen molar-refractivity contribution >= 4 is 11.6 Å². The third-order valence-corrected chi connectivity index (χ3v) is 4.79. The van der Waals surface area contributed by atoms with E-state index >= 15 is 0 Å². The molecule has 0 bridgehead atoms. The minimum atomic E-state index is 0.00952. The number of rotatable bonds is 3. The van der Waals surface area contributed by atoms with Crippen LogP contribution in [0.25, 0.3) is 28.6 Å². The van der Waals surface area contributed by atoms with Crippen molar-refractivity contribution < 1.29 is 9.21 Å². The first kappa shape index (κ1) is 18.8. The maximum absolute atomic E-state index is 12.1. The molecule has 8 nitrogen and oxygen atoms in total. The van der Waals surface area contributed by atoms with E-state index in [2.05, 4.69) is 15.2 Å². The van der Waals surface area contributed by atoms with Crippen LogP contribution in [-0.2, 0) is 0 Å². The van der Waals surface area contributed by atoms with Gasteiger partial charge >= 0.3 is 6.03 Å². The van der Waals surface area contributed by atoms with Crippen molar-refractivity contribution in [2.24, 2.45) is 0 Å². The summed E-state index contributed by atoms with van der Waals surface area (Å²) in [7, 11) is 3.51. The second-order valence-corrected chi connectivity index (χ2v) is 7.07. The van der Waals surface area contributed by atoms with Crippen LogP contribution in [0.5, 0.6) is 0 Å². The SMILES string of the molecule is Cc1ncc(C2=CCN(C(=O)N(C)C)CC2)nc1-c1nnc(-c2ccccc2)o1. The monoisotopic (exact) mass is 390 g/mol. The van der Waals surface area contributed by atoms with Gasteiger partial charge < -0.3 is 14.2 Å². The van der Waals surface area contributed by atoms with Crippen LogP contribution in [0, 0.1) is 6.92 Å². The summed E-state index contributed by atoms with van der Waals surface area (Å²) in [6.07, 6.45) is 4.50. The fraction of sp³-hybridized carbons (Fsp3) is 0.286. The number of carbonyl (C=O) groups is 1. The minimum absolute atomic E-state index is 0.00952. The van der Waals surface area contributed by atoms with Gasteiger partial charge in [0.15, 0.2) is 0 Å². The van der Waals surface area contributed by atoms with Crippen molar-refractivity contribution in [2.75, 3.05) is 27.2 Å². The minimum Gasteiger partial charge on any atom is -0.415 e. The van der Waals surface area contributed by atoms with Crippen LogP contribution in [0.2, 0.25) is 0 Å². The summed E-state index contributed by atoms with van der Waals surface area (Å²) in [5.41, 5.74) is 3.97. The summed E-state index contributed by atoms with van der Waals surface area (Å²) in [6.45, 7) is 3.06. The predicted octanol–water partition coefficient (Wildman–Crippen LogP) is 3.27. The second-order valence-electron chi connectivity index (χ2n) is 7.07. The Morgan fingerprint density at radius 1 is 1.14 bits per heavy atom. The van der Waals surface area contributed by atoms with Crippen LogP contribution < -0.4 is 0 Å². The number of amides is 2. The van der Waals surface area contributed by atoms with E-state index in [1.807, 2.05) is 43.3 Å². The fourth-order valence-corrected chi connectivity index (χ4v) is 3.18. The lowest BCUT2D eigenvalue weighted by Gasteiger charge is -2.28. The second kappa shape index (κ2) is 7.83. The Hall–Kier alpha value is -3.55. The molecule has 8 heteroatoms. The molecule has 0 aliphatic carbocycles. The number of urea groups is 1. The predicted molar refractivity (Wildman–Crippen MR) is 109 cm³/mol. The zero-order chi connectivity index (χ0) is 20.4. The van der Waals surface area contributed by atoms with Gasteiger partial charge in [-0.3, -0.25) is 4.98 Å². The molecule has 29 heavy (non-hydrogen) atoms. The van der Waals surface area contributed by atoms with Crippen molar-refractivity contribution in [2.45, 2.75) is 13.3 Å². The zero-order valence-electron chi connectivity index (χ0n) is 16.7. The number of hydrogen-bond donors (Lipinski definition) is 0.